The van der Waals surface area contributed by atoms with E-state index in [2.05, 4.69) is 44.8 Å². The average molecular weight is 212 g/mol. The summed E-state index contributed by atoms with van der Waals surface area (Å²) in [5.41, 5.74) is 0.337. The van der Waals surface area contributed by atoms with Crippen molar-refractivity contribution >= 4 is 0 Å². The number of piperazine rings is 1. The first kappa shape index (κ1) is 13.0. The molecular weight excluding hydrogens is 184 g/mol. The van der Waals surface area contributed by atoms with E-state index in [0.29, 0.717) is 11.6 Å². The SMILES string of the molecule is CCC1(C)CN(CCC(C)C)C(C)CN1. The van der Waals surface area contributed by atoms with Crippen molar-refractivity contribution in [1.29, 1.82) is 0 Å². The van der Waals surface area contributed by atoms with Gasteiger partial charge >= 0.3 is 0 Å². The molecule has 1 saturated heterocycles. The molecule has 0 bridgehead atoms. The summed E-state index contributed by atoms with van der Waals surface area (Å²) in [4.78, 5) is 2.65. The van der Waals surface area contributed by atoms with Gasteiger partial charge in [0.25, 0.3) is 0 Å². The number of hydrogen-bond donors (Lipinski definition) is 1. The maximum atomic E-state index is 3.67. The molecule has 2 atom stereocenters. The van der Waals surface area contributed by atoms with Crippen molar-refractivity contribution in [3.63, 3.8) is 0 Å². The fraction of sp³-hybridized carbons (Fsp3) is 1.00. The second-order valence-electron chi connectivity index (χ2n) is 5.80. The number of nitrogens with one attached hydrogen (secondary N) is 1. The van der Waals surface area contributed by atoms with Crippen LogP contribution in [0.1, 0.15) is 47.5 Å². The van der Waals surface area contributed by atoms with E-state index in [0.717, 1.165) is 12.5 Å². The van der Waals surface area contributed by atoms with Crippen LogP contribution in [0.15, 0.2) is 0 Å². The molecule has 0 amide bonds. The van der Waals surface area contributed by atoms with E-state index in [1.165, 1.54) is 25.9 Å². The van der Waals surface area contributed by atoms with E-state index >= 15 is 0 Å². The van der Waals surface area contributed by atoms with Crippen molar-refractivity contribution in [3.8, 4) is 0 Å². The Morgan fingerprint density at radius 2 is 2.13 bits per heavy atom. The normalized spacial score (nSPS) is 33.6. The summed E-state index contributed by atoms with van der Waals surface area (Å²) in [6.07, 6.45) is 2.54. The summed E-state index contributed by atoms with van der Waals surface area (Å²) in [5.74, 6) is 0.819. The second-order valence-corrected chi connectivity index (χ2v) is 5.80. The van der Waals surface area contributed by atoms with Crippen LogP contribution in [-0.4, -0.2) is 36.1 Å². The highest BCUT2D eigenvalue weighted by Crippen LogP contribution is 2.19. The zero-order chi connectivity index (χ0) is 11.5. The molecule has 1 fully saturated rings. The van der Waals surface area contributed by atoms with Crippen molar-refractivity contribution in [2.75, 3.05) is 19.6 Å². The number of hydrogen-bond acceptors (Lipinski definition) is 2. The third-order valence-corrected chi connectivity index (χ3v) is 3.77. The monoisotopic (exact) mass is 212 g/mol. The lowest BCUT2D eigenvalue weighted by atomic mass is 9.93. The molecule has 0 aromatic carbocycles. The molecule has 2 unspecified atom stereocenters. The van der Waals surface area contributed by atoms with Crippen LogP contribution in [0.4, 0.5) is 0 Å². The lowest BCUT2D eigenvalue weighted by Crippen LogP contribution is -2.62. The van der Waals surface area contributed by atoms with Gasteiger partial charge in [0.2, 0.25) is 0 Å². The summed E-state index contributed by atoms with van der Waals surface area (Å²) in [6.45, 7) is 15.2. The molecule has 1 aliphatic heterocycles. The van der Waals surface area contributed by atoms with Gasteiger partial charge in [-0.1, -0.05) is 20.8 Å². The minimum atomic E-state index is 0.337. The van der Waals surface area contributed by atoms with Gasteiger partial charge in [-0.15, -0.1) is 0 Å². The zero-order valence-corrected chi connectivity index (χ0v) is 11.1. The Balaban J connectivity index is 2.46. The molecule has 2 heteroatoms. The van der Waals surface area contributed by atoms with Crippen LogP contribution >= 0.6 is 0 Å². The van der Waals surface area contributed by atoms with E-state index in [1.54, 1.807) is 0 Å². The standard InChI is InChI=1S/C13H28N2/c1-6-13(5)10-15(8-7-11(2)3)12(4)9-14-13/h11-12,14H,6-10H2,1-5H3. The van der Waals surface area contributed by atoms with Gasteiger partial charge in [0.15, 0.2) is 0 Å². The van der Waals surface area contributed by atoms with E-state index < -0.39 is 0 Å². The van der Waals surface area contributed by atoms with Crippen LogP contribution in [0.25, 0.3) is 0 Å². The van der Waals surface area contributed by atoms with E-state index in [4.69, 9.17) is 0 Å². The van der Waals surface area contributed by atoms with Crippen molar-refractivity contribution in [1.82, 2.24) is 10.2 Å². The highest BCUT2D eigenvalue weighted by Gasteiger charge is 2.31. The van der Waals surface area contributed by atoms with Crippen LogP contribution in [0, 0.1) is 5.92 Å². The van der Waals surface area contributed by atoms with Crippen molar-refractivity contribution < 1.29 is 0 Å². The summed E-state index contributed by atoms with van der Waals surface area (Å²) in [5, 5.41) is 3.67. The predicted octanol–water partition coefficient (Wildman–Crippen LogP) is 2.49. The topological polar surface area (TPSA) is 15.3 Å². The highest BCUT2D eigenvalue weighted by atomic mass is 15.2. The van der Waals surface area contributed by atoms with Gasteiger partial charge in [-0.3, -0.25) is 4.90 Å². The van der Waals surface area contributed by atoms with E-state index in [-0.39, 0.29) is 0 Å². The van der Waals surface area contributed by atoms with Gasteiger partial charge in [-0.25, -0.2) is 0 Å². The number of rotatable bonds is 4. The van der Waals surface area contributed by atoms with Gasteiger partial charge in [0, 0.05) is 24.7 Å². The maximum Gasteiger partial charge on any atom is 0.0278 e. The molecule has 90 valence electrons. The fourth-order valence-electron chi connectivity index (χ4n) is 2.14. The Kier molecular flexibility index (Phi) is 4.60. The van der Waals surface area contributed by atoms with Crippen LogP contribution in [0.2, 0.25) is 0 Å². The maximum absolute atomic E-state index is 3.67. The zero-order valence-electron chi connectivity index (χ0n) is 11.1. The third kappa shape index (κ3) is 3.76. The molecule has 0 saturated carbocycles. The Morgan fingerprint density at radius 3 is 2.67 bits per heavy atom. The fourth-order valence-corrected chi connectivity index (χ4v) is 2.14. The Labute approximate surface area is 95.4 Å². The van der Waals surface area contributed by atoms with Gasteiger partial charge < -0.3 is 5.32 Å². The second kappa shape index (κ2) is 5.31. The van der Waals surface area contributed by atoms with Crippen LogP contribution in [0.5, 0.6) is 0 Å². The number of nitrogens with zero attached hydrogens (tertiary/aromatic N) is 1. The molecule has 15 heavy (non-hydrogen) atoms. The average Bonchev–Trinajstić information content (AvgIpc) is 2.20. The summed E-state index contributed by atoms with van der Waals surface area (Å²) >= 11 is 0. The minimum Gasteiger partial charge on any atom is -0.309 e. The molecule has 1 heterocycles. The van der Waals surface area contributed by atoms with Crippen molar-refractivity contribution in [2.45, 2.75) is 59.0 Å². The Morgan fingerprint density at radius 1 is 1.47 bits per heavy atom. The van der Waals surface area contributed by atoms with Crippen LogP contribution in [-0.2, 0) is 0 Å². The third-order valence-electron chi connectivity index (χ3n) is 3.77. The highest BCUT2D eigenvalue weighted by molar-refractivity contribution is 4.92. The summed E-state index contributed by atoms with van der Waals surface area (Å²) in [7, 11) is 0. The molecule has 0 radical (unpaired) electrons. The van der Waals surface area contributed by atoms with E-state index in [9.17, 15) is 0 Å². The lowest BCUT2D eigenvalue weighted by molar-refractivity contribution is 0.0888. The summed E-state index contributed by atoms with van der Waals surface area (Å²) in [6, 6.07) is 0.698. The van der Waals surface area contributed by atoms with Crippen molar-refractivity contribution in [2.24, 2.45) is 5.92 Å². The smallest absolute Gasteiger partial charge is 0.0278 e. The molecule has 2 nitrogen and oxygen atoms in total. The molecule has 1 aliphatic rings. The van der Waals surface area contributed by atoms with Gasteiger partial charge in [0.05, 0.1) is 0 Å². The quantitative estimate of drug-likeness (QED) is 0.770. The molecule has 1 rings (SSSR count). The van der Waals surface area contributed by atoms with Crippen LogP contribution in [0.3, 0.4) is 0 Å². The van der Waals surface area contributed by atoms with Gasteiger partial charge in [0.1, 0.15) is 0 Å². The van der Waals surface area contributed by atoms with Crippen LogP contribution < -0.4 is 5.32 Å². The van der Waals surface area contributed by atoms with E-state index in [1.807, 2.05) is 0 Å². The first-order chi connectivity index (χ1) is 6.97. The summed E-state index contributed by atoms with van der Waals surface area (Å²) < 4.78 is 0. The Bertz CT molecular complexity index is 191. The molecule has 1 N–H and O–H groups in total. The molecular formula is C13H28N2. The lowest BCUT2D eigenvalue weighted by Gasteiger charge is -2.45. The molecule has 0 aliphatic carbocycles. The molecule has 0 aromatic heterocycles. The first-order valence-corrected chi connectivity index (χ1v) is 6.46. The van der Waals surface area contributed by atoms with Gasteiger partial charge in [-0.05, 0) is 39.2 Å². The molecule has 0 spiro atoms. The largest absolute Gasteiger partial charge is 0.309 e. The first-order valence-electron chi connectivity index (χ1n) is 6.46. The molecule has 0 aromatic rings. The Hall–Kier alpha value is -0.0800. The van der Waals surface area contributed by atoms with Gasteiger partial charge in [-0.2, -0.15) is 0 Å². The predicted molar refractivity (Wildman–Crippen MR) is 67.2 cm³/mol. The van der Waals surface area contributed by atoms with Crippen molar-refractivity contribution in [3.05, 3.63) is 0 Å². The minimum absolute atomic E-state index is 0.337.